The Morgan fingerprint density at radius 1 is 0.773 bits per heavy atom. The molecule has 44 heavy (non-hydrogen) atoms. The van der Waals surface area contributed by atoms with Gasteiger partial charge in [0.05, 0.1) is 19.3 Å². The first-order valence-corrected chi connectivity index (χ1v) is 21.7. The van der Waals surface area contributed by atoms with Crippen molar-refractivity contribution in [3.8, 4) is 0 Å². The quantitative estimate of drug-likeness (QED) is 0.0521. The Morgan fingerprint density at radius 3 is 1.89 bits per heavy atom. The van der Waals surface area contributed by atoms with Gasteiger partial charge in [-0.1, -0.05) is 112 Å². The summed E-state index contributed by atoms with van der Waals surface area (Å²) >= 11 is 0. The van der Waals surface area contributed by atoms with Gasteiger partial charge in [0, 0.05) is 26.2 Å². The fourth-order valence-electron chi connectivity index (χ4n) is 5.71. The number of esters is 1. The van der Waals surface area contributed by atoms with E-state index in [1.807, 2.05) is 0 Å². The summed E-state index contributed by atoms with van der Waals surface area (Å²) in [5, 5.41) is 4.00. The number of hydrogen-bond donors (Lipinski definition) is 1. The van der Waals surface area contributed by atoms with E-state index in [1.54, 1.807) is 0 Å². The fraction of sp³-hybridized carbons (Fsp3) is 0.973. The highest BCUT2D eigenvalue weighted by Crippen LogP contribution is 2.39. The van der Waals surface area contributed by atoms with Crippen molar-refractivity contribution in [1.82, 2.24) is 5.32 Å². The molecular weight excluding hydrogens is 566 g/mol. The van der Waals surface area contributed by atoms with Gasteiger partial charge in [-0.25, -0.2) is 0 Å². The van der Waals surface area contributed by atoms with Gasteiger partial charge >= 0.3 is 5.97 Å². The van der Waals surface area contributed by atoms with E-state index in [0.29, 0.717) is 31.7 Å². The SMILES string of the molecule is CCCCCCOCC(COCCCCCC)OC(=O)CCCCCCCNCC(O[Si](C)(C)C(C)(C)C)C1CCCCC1. The number of carbonyl (C=O) groups excluding carboxylic acids is 1. The minimum atomic E-state index is -1.78. The summed E-state index contributed by atoms with van der Waals surface area (Å²) in [6, 6.07) is 0. The molecule has 7 heteroatoms. The Balaban J connectivity index is 2.26. The summed E-state index contributed by atoms with van der Waals surface area (Å²) in [7, 11) is -1.78. The van der Waals surface area contributed by atoms with Gasteiger partial charge in [0.1, 0.15) is 6.10 Å². The molecule has 1 unspecified atom stereocenters. The van der Waals surface area contributed by atoms with Gasteiger partial charge in [-0.3, -0.25) is 4.79 Å². The molecule has 1 fully saturated rings. The van der Waals surface area contributed by atoms with Crippen molar-refractivity contribution in [2.45, 2.75) is 187 Å². The molecule has 1 aliphatic rings. The van der Waals surface area contributed by atoms with Crippen LogP contribution in [0.3, 0.4) is 0 Å². The Kier molecular flexibility index (Phi) is 24.2. The van der Waals surface area contributed by atoms with Crippen molar-refractivity contribution in [1.29, 1.82) is 0 Å². The second-order valence-corrected chi connectivity index (χ2v) is 19.7. The Morgan fingerprint density at radius 2 is 1.32 bits per heavy atom. The van der Waals surface area contributed by atoms with E-state index in [4.69, 9.17) is 18.6 Å². The highest BCUT2D eigenvalue weighted by Gasteiger charge is 2.40. The highest BCUT2D eigenvalue weighted by molar-refractivity contribution is 6.74. The summed E-state index contributed by atoms with van der Waals surface area (Å²) < 4.78 is 24.4. The van der Waals surface area contributed by atoms with Crippen LogP contribution in [-0.4, -0.2) is 66.0 Å². The second kappa shape index (κ2) is 25.6. The predicted molar refractivity (Wildman–Crippen MR) is 189 cm³/mol. The van der Waals surface area contributed by atoms with Crippen molar-refractivity contribution in [3.05, 3.63) is 0 Å². The zero-order valence-corrected chi connectivity index (χ0v) is 31.5. The van der Waals surface area contributed by atoms with E-state index in [2.05, 4.69) is 53.0 Å². The molecule has 0 aromatic rings. The summed E-state index contributed by atoms with van der Waals surface area (Å²) in [5.41, 5.74) is 0. The average Bonchev–Trinajstić information content (AvgIpc) is 2.98. The predicted octanol–water partition coefficient (Wildman–Crippen LogP) is 9.99. The van der Waals surface area contributed by atoms with Crippen LogP contribution in [0.2, 0.25) is 18.1 Å². The summed E-state index contributed by atoms with van der Waals surface area (Å²) in [6.45, 7) is 20.6. The van der Waals surface area contributed by atoms with Crippen LogP contribution >= 0.6 is 0 Å². The van der Waals surface area contributed by atoms with Gasteiger partial charge in [-0.05, 0) is 69.1 Å². The fourth-order valence-corrected chi connectivity index (χ4v) is 7.10. The van der Waals surface area contributed by atoms with Gasteiger partial charge in [0.2, 0.25) is 0 Å². The van der Waals surface area contributed by atoms with E-state index in [9.17, 15) is 4.79 Å². The molecule has 6 nitrogen and oxygen atoms in total. The topological polar surface area (TPSA) is 66.0 Å². The molecule has 1 aliphatic carbocycles. The molecule has 0 aromatic carbocycles. The van der Waals surface area contributed by atoms with Crippen LogP contribution in [-0.2, 0) is 23.4 Å². The monoisotopic (exact) mass is 642 g/mol. The van der Waals surface area contributed by atoms with Crippen LogP contribution < -0.4 is 5.32 Å². The zero-order chi connectivity index (χ0) is 32.5. The van der Waals surface area contributed by atoms with Crippen molar-refractivity contribution < 1.29 is 23.4 Å². The van der Waals surface area contributed by atoms with Crippen molar-refractivity contribution >= 4 is 14.3 Å². The van der Waals surface area contributed by atoms with E-state index in [-0.39, 0.29) is 17.1 Å². The summed E-state index contributed by atoms with van der Waals surface area (Å²) in [5.74, 6) is 0.593. The van der Waals surface area contributed by atoms with Gasteiger partial charge in [-0.2, -0.15) is 0 Å². The number of unbranched alkanes of at least 4 members (excludes halogenated alkanes) is 10. The van der Waals surface area contributed by atoms with Crippen molar-refractivity contribution in [2.24, 2.45) is 5.92 Å². The summed E-state index contributed by atoms with van der Waals surface area (Å²) in [6.07, 6.45) is 22.2. The van der Waals surface area contributed by atoms with E-state index >= 15 is 0 Å². The normalized spacial score (nSPS) is 15.6. The van der Waals surface area contributed by atoms with Crippen molar-refractivity contribution in [3.63, 3.8) is 0 Å². The number of hydrogen-bond acceptors (Lipinski definition) is 6. The maximum Gasteiger partial charge on any atom is 0.306 e. The Bertz CT molecular complexity index is 661. The van der Waals surface area contributed by atoms with Crippen LogP contribution in [0.5, 0.6) is 0 Å². The minimum absolute atomic E-state index is 0.115. The standard InChI is InChI=1S/C37H75NO5Si/c1-8-10-12-22-28-40-31-34(32-41-29-23-13-11-9-2)42-36(39)26-20-15-14-16-21-27-38-30-35(33-24-18-17-19-25-33)43-44(6,7)37(3,4)5/h33-35,38H,8-32H2,1-7H3. The molecular formula is C37H75NO5Si. The lowest BCUT2D eigenvalue weighted by Gasteiger charge is -2.42. The third-order valence-corrected chi connectivity index (χ3v) is 14.2. The van der Waals surface area contributed by atoms with Gasteiger partial charge in [-0.15, -0.1) is 0 Å². The second-order valence-electron chi connectivity index (χ2n) is 14.9. The molecule has 0 radical (unpaired) electrons. The molecule has 0 spiro atoms. The number of rotatable bonds is 28. The summed E-state index contributed by atoms with van der Waals surface area (Å²) in [4.78, 5) is 12.6. The molecule has 262 valence electrons. The Hall–Kier alpha value is -0.473. The Labute approximate surface area is 275 Å². The lowest BCUT2D eigenvalue weighted by molar-refractivity contribution is -0.156. The molecule has 0 saturated heterocycles. The molecule has 0 amide bonds. The van der Waals surface area contributed by atoms with E-state index in [0.717, 1.165) is 58.4 Å². The average molecular weight is 642 g/mol. The maximum atomic E-state index is 12.6. The maximum absolute atomic E-state index is 12.6. The molecule has 0 aromatic heterocycles. The van der Waals surface area contributed by atoms with Gasteiger partial charge < -0.3 is 24.0 Å². The first-order chi connectivity index (χ1) is 21.1. The zero-order valence-electron chi connectivity index (χ0n) is 30.5. The van der Waals surface area contributed by atoms with E-state index in [1.165, 1.54) is 83.5 Å². The first kappa shape index (κ1) is 41.5. The molecule has 1 atom stereocenters. The van der Waals surface area contributed by atoms with Crippen molar-refractivity contribution in [2.75, 3.05) is 39.5 Å². The largest absolute Gasteiger partial charge is 0.457 e. The minimum Gasteiger partial charge on any atom is -0.457 e. The van der Waals surface area contributed by atoms with Crippen LogP contribution in [0.25, 0.3) is 0 Å². The molecule has 1 saturated carbocycles. The molecule has 0 aliphatic heterocycles. The molecule has 0 heterocycles. The molecule has 1 N–H and O–H groups in total. The number of carbonyl (C=O) groups is 1. The van der Waals surface area contributed by atoms with Crippen LogP contribution in [0.15, 0.2) is 0 Å². The lowest BCUT2D eigenvalue weighted by Crippen LogP contribution is -2.49. The van der Waals surface area contributed by atoms with Gasteiger partial charge in [0.15, 0.2) is 8.32 Å². The molecule has 0 bridgehead atoms. The number of nitrogens with one attached hydrogen (secondary N) is 1. The lowest BCUT2D eigenvalue weighted by atomic mass is 9.85. The third-order valence-electron chi connectivity index (χ3n) is 9.70. The van der Waals surface area contributed by atoms with Crippen LogP contribution in [0, 0.1) is 5.92 Å². The van der Waals surface area contributed by atoms with Crippen LogP contribution in [0.4, 0.5) is 0 Å². The smallest absolute Gasteiger partial charge is 0.306 e. The first-order valence-electron chi connectivity index (χ1n) is 18.8. The third kappa shape index (κ3) is 20.6. The molecule has 1 rings (SSSR count). The number of ether oxygens (including phenoxy) is 3. The highest BCUT2D eigenvalue weighted by atomic mass is 28.4. The van der Waals surface area contributed by atoms with E-state index < -0.39 is 8.32 Å². The van der Waals surface area contributed by atoms with Crippen LogP contribution in [0.1, 0.15) is 157 Å². The van der Waals surface area contributed by atoms with Gasteiger partial charge in [0.25, 0.3) is 0 Å².